The molecule has 53 heavy (non-hydrogen) atoms. The SMILES string of the molecule is CCCCCCCCn1c(/C=C/Cc2n(CCCCCCCC)c3cc(Cl)c(Cl)cc3[n+]2CCCC(=O)O)[n+](CCCC(=O)O)c2cc(Cl)c(Cl)cc21. The summed E-state index contributed by atoms with van der Waals surface area (Å²) in [7, 11) is 0. The number of halogens is 4. The van der Waals surface area contributed by atoms with E-state index >= 15 is 0 Å². The van der Waals surface area contributed by atoms with Crippen molar-refractivity contribution in [2.75, 3.05) is 0 Å². The fraction of sp³-hybridized carbons (Fsp3) is 0.561. The molecule has 8 nitrogen and oxygen atoms in total. The lowest BCUT2D eigenvalue weighted by Crippen LogP contribution is -2.38. The van der Waals surface area contributed by atoms with Gasteiger partial charge in [-0.2, -0.15) is 0 Å². The topological polar surface area (TPSA) is 92.2 Å². The van der Waals surface area contributed by atoms with Gasteiger partial charge in [0.25, 0.3) is 11.6 Å². The molecule has 0 radical (unpaired) electrons. The van der Waals surface area contributed by atoms with Gasteiger partial charge in [0.05, 0.1) is 52.7 Å². The molecule has 0 saturated carbocycles. The molecule has 0 saturated heterocycles. The summed E-state index contributed by atoms with van der Waals surface area (Å²) < 4.78 is 8.99. The first kappa shape index (κ1) is 43.0. The van der Waals surface area contributed by atoms with Crippen LogP contribution in [0.1, 0.15) is 128 Å². The second kappa shape index (κ2) is 21.9. The first-order valence-corrected chi connectivity index (χ1v) is 21.0. The Bertz CT molecular complexity index is 1870. The quantitative estimate of drug-likeness (QED) is 0.0515. The van der Waals surface area contributed by atoms with E-state index in [4.69, 9.17) is 46.4 Å². The van der Waals surface area contributed by atoms with Crippen LogP contribution in [0.3, 0.4) is 0 Å². The van der Waals surface area contributed by atoms with E-state index in [1.165, 1.54) is 51.4 Å². The van der Waals surface area contributed by atoms with Crippen molar-refractivity contribution in [3.8, 4) is 0 Å². The highest BCUT2D eigenvalue weighted by Crippen LogP contribution is 2.30. The maximum absolute atomic E-state index is 11.5. The zero-order valence-corrected chi connectivity index (χ0v) is 34.3. The van der Waals surface area contributed by atoms with Crippen molar-refractivity contribution < 1.29 is 28.9 Å². The highest BCUT2D eigenvalue weighted by Gasteiger charge is 2.28. The van der Waals surface area contributed by atoms with Crippen LogP contribution in [0.4, 0.5) is 0 Å². The second-order valence-corrected chi connectivity index (χ2v) is 15.7. The van der Waals surface area contributed by atoms with E-state index in [1.807, 2.05) is 24.3 Å². The van der Waals surface area contributed by atoms with Gasteiger partial charge in [-0.3, -0.25) is 9.59 Å². The van der Waals surface area contributed by atoms with E-state index in [-0.39, 0.29) is 12.8 Å². The Kier molecular flexibility index (Phi) is 17.8. The number of benzene rings is 2. The molecule has 4 aromatic rings. The molecule has 0 aliphatic carbocycles. The van der Waals surface area contributed by atoms with Crippen LogP contribution >= 0.6 is 46.4 Å². The molecule has 0 atom stereocenters. The molecule has 0 spiro atoms. The predicted octanol–water partition coefficient (Wildman–Crippen LogP) is 11.5. The monoisotopic (exact) mass is 808 g/mol. The van der Waals surface area contributed by atoms with E-state index in [1.54, 1.807) is 0 Å². The number of hydrogen-bond acceptors (Lipinski definition) is 2. The van der Waals surface area contributed by atoms with Gasteiger partial charge in [0.2, 0.25) is 0 Å². The number of fused-ring (bicyclic) bond motifs is 2. The first-order chi connectivity index (χ1) is 25.6. The summed E-state index contributed by atoms with van der Waals surface area (Å²) in [5.74, 6) is 0.357. The Hall–Kier alpha value is -2.78. The van der Waals surface area contributed by atoms with Gasteiger partial charge in [0.1, 0.15) is 0 Å². The minimum Gasteiger partial charge on any atom is -0.481 e. The smallest absolute Gasteiger partial charge is 0.303 e. The Labute approximate surface area is 334 Å². The highest BCUT2D eigenvalue weighted by molar-refractivity contribution is 6.43. The molecule has 2 heterocycles. The molecule has 2 N–H and O–H groups in total. The van der Waals surface area contributed by atoms with Crippen molar-refractivity contribution in [1.82, 2.24) is 9.13 Å². The van der Waals surface area contributed by atoms with Crippen LogP contribution in [0.15, 0.2) is 30.3 Å². The summed E-state index contributed by atoms with van der Waals surface area (Å²) in [6, 6.07) is 7.63. The highest BCUT2D eigenvalue weighted by atomic mass is 35.5. The van der Waals surface area contributed by atoms with Crippen LogP contribution in [-0.2, 0) is 42.2 Å². The number of aliphatic carboxylic acids is 2. The maximum Gasteiger partial charge on any atom is 0.303 e. The Morgan fingerprint density at radius 1 is 0.604 bits per heavy atom. The number of carboxylic acid groups (broad SMARTS) is 2. The lowest BCUT2D eigenvalue weighted by Gasteiger charge is -2.05. The summed E-state index contributed by atoms with van der Waals surface area (Å²) in [6.07, 6.45) is 19.9. The molecule has 0 bridgehead atoms. The second-order valence-electron chi connectivity index (χ2n) is 14.0. The molecule has 290 valence electrons. The van der Waals surface area contributed by atoms with Gasteiger partial charge in [0, 0.05) is 43.2 Å². The van der Waals surface area contributed by atoms with Gasteiger partial charge >= 0.3 is 11.9 Å². The van der Waals surface area contributed by atoms with E-state index in [9.17, 15) is 19.8 Å². The molecule has 2 aromatic carbocycles. The van der Waals surface area contributed by atoms with Gasteiger partial charge in [-0.1, -0.05) is 118 Å². The summed E-state index contributed by atoms with van der Waals surface area (Å²) in [5.41, 5.74) is 3.80. The third-order valence-electron chi connectivity index (χ3n) is 9.96. The van der Waals surface area contributed by atoms with Crippen LogP contribution in [-0.4, -0.2) is 31.3 Å². The molecule has 0 unspecified atom stereocenters. The molecule has 4 rings (SSSR count). The van der Waals surface area contributed by atoms with Crippen LogP contribution in [0, 0.1) is 0 Å². The summed E-state index contributed by atoms with van der Waals surface area (Å²) in [5, 5.41) is 20.8. The third-order valence-corrected chi connectivity index (χ3v) is 11.4. The molecular formula is C41H56Cl4N4O4+2. The van der Waals surface area contributed by atoms with Crippen molar-refractivity contribution in [2.45, 2.75) is 149 Å². The van der Waals surface area contributed by atoms with Crippen LogP contribution in [0.25, 0.3) is 28.1 Å². The molecule has 0 aliphatic heterocycles. The molecule has 12 heteroatoms. The first-order valence-electron chi connectivity index (χ1n) is 19.5. The number of nitrogens with zero attached hydrogens (tertiary/aromatic N) is 4. The standard InChI is InChI=1S/C41H54Cl4N4O4/c1-3-5-7-9-11-13-22-46-34-26-30(42)32(44)28-36(34)48(24-16-20-40(50)51)38(46)18-15-19-39-47(23-14-12-10-8-6-4-2)35-27-31(43)33(45)29-37(35)49(39)25-17-21-41(52)53/h15,18,26-29H,3-14,16-17,19-25H2,1-2H3/p+2/b18-15+. The Morgan fingerprint density at radius 2 is 1.04 bits per heavy atom. The number of unbranched alkanes of at least 4 members (excludes halogenated alkanes) is 10. The summed E-state index contributed by atoms with van der Waals surface area (Å²) in [6.45, 7) is 7.07. The van der Waals surface area contributed by atoms with Crippen molar-refractivity contribution >= 4 is 86.5 Å². The van der Waals surface area contributed by atoms with Gasteiger partial charge in [-0.05, 0) is 38.5 Å². The van der Waals surface area contributed by atoms with E-state index in [0.29, 0.717) is 52.4 Å². The lowest BCUT2D eigenvalue weighted by molar-refractivity contribution is -0.679. The lowest BCUT2D eigenvalue weighted by atomic mass is 10.1. The molecular weight excluding hydrogens is 754 g/mol. The van der Waals surface area contributed by atoms with Gasteiger partial charge < -0.3 is 10.2 Å². The van der Waals surface area contributed by atoms with Crippen molar-refractivity contribution in [3.05, 3.63) is 62.1 Å². The largest absolute Gasteiger partial charge is 0.481 e. The minimum absolute atomic E-state index is 0.0571. The van der Waals surface area contributed by atoms with Crippen molar-refractivity contribution in [2.24, 2.45) is 0 Å². The number of rotatable bonds is 25. The maximum atomic E-state index is 11.5. The normalized spacial score (nSPS) is 11.9. The molecule has 0 fully saturated rings. The van der Waals surface area contributed by atoms with E-state index in [0.717, 1.165) is 72.5 Å². The number of aryl methyl sites for hydroxylation is 4. The number of imidazole rings is 2. The minimum atomic E-state index is -0.828. The summed E-state index contributed by atoms with van der Waals surface area (Å²) in [4.78, 5) is 23.1. The number of hydrogen-bond donors (Lipinski definition) is 2. The van der Waals surface area contributed by atoms with E-state index < -0.39 is 11.9 Å². The van der Waals surface area contributed by atoms with Gasteiger partial charge in [-0.25, -0.2) is 18.3 Å². The van der Waals surface area contributed by atoms with Crippen molar-refractivity contribution in [3.63, 3.8) is 0 Å². The van der Waals surface area contributed by atoms with Crippen molar-refractivity contribution in [1.29, 1.82) is 0 Å². The number of carbonyl (C=O) groups is 2. The zero-order valence-electron chi connectivity index (χ0n) is 31.3. The predicted molar refractivity (Wildman–Crippen MR) is 218 cm³/mol. The van der Waals surface area contributed by atoms with Crippen LogP contribution in [0.2, 0.25) is 20.1 Å². The zero-order chi connectivity index (χ0) is 38.3. The Morgan fingerprint density at radius 3 is 1.57 bits per heavy atom. The molecule has 0 aliphatic rings. The Balaban J connectivity index is 1.79. The third kappa shape index (κ3) is 12.1. The number of aromatic nitrogens is 4. The average molecular weight is 811 g/mol. The molecule has 2 aromatic heterocycles. The van der Waals surface area contributed by atoms with Crippen LogP contribution < -0.4 is 9.13 Å². The van der Waals surface area contributed by atoms with E-state index in [2.05, 4.69) is 44.3 Å². The van der Waals surface area contributed by atoms with Crippen LogP contribution in [0.5, 0.6) is 0 Å². The van der Waals surface area contributed by atoms with Gasteiger partial charge in [0.15, 0.2) is 22.1 Å². The average Bonchev–Trinajstić information content (AvgIpc) is 3.54. The number of allylic oxidation sites excluding steroid dienone is 1. The number of carboxylic acids is 2. The fourth-order valence-electron chi connectivity index (χ4n) is 7.25. The van der Waals surface area contributed by atoms with Gasteiger partial charge in [-0.15, -0.1) is 0 Å². The molecule has 0 amide bonds. The summed E-state index contributed by atoms with van der Waals surface area (Å²) >= 11 is 26.3. The fourth-order valence-corrected chi connectivity index (χ4v) is 7.88.